The summed E-state index contributed by atoms with van der Waals surface area (Å²) in [5.74, 6) is 1.16. The van der Waals surface area contributed by atoms with Gasteiger partial charge in [0.15, 0.2) is 5.96 Å². The highest BCUT2D eigenvalue weighted by Crippen LogP contribution is 2.13. The molecular weight excluding hydrogens is 370 g/mol. The Morgan fingerprint density at radius 3 is 1.34 bits per heavy atom. The first-order valence-electron chi connectivity index (χ1n) is 12.9. The maximum atomic E-state index is 4.87. The SMILES string of the molecule is CCCCCCCCCCCCCCCCCCN=C(N(C)C)N(C)C[SiH](C)C. The summed E-state index contributed by atoms with van der Waals surface area (Å²) < 4.78 is 0. The van der Waals surface area contributed by atoms with E-state index < -0.39 is 8.80 Å². The van der Waals surface area contributed by atoms with Crippen LogP contribution >= 0.6 is 0 Å². The minimum atomic E-state index is -0.588. The summed E-state index contributed by atoms with van der Waals surface area (Å²) in [4.78, 5) is 9.39. The first-order chi connectivity index (χ1) is 14.0. The van der Waals surface area contributed by atoms with Crippen molar-refractivity contribution in [2.75, 3.05) is 33.9 Å². The van der Waals surface area contributed by atoms with E-state index in [1.165, 1.54) is 109 Å². The van der Waals surface area contributed by atoms with E-state index >= 15 is 0 Å². The van der Waals surface area contributed by atoms with Crippen LogP contribution in [0.4, 0.5) is 0 Å². The van der Waals surface area contributed by atoms with Crippen molar-refractivity contribution in [2.45, 2.75) is 123 Å². The molecule has 0 saturated carbocycles. The van der Waals surface area contributed by atoms with E-state index in [2.05, 4.69) is 51.0 Å². The summed E-state index contributed by atoms with van der Waals surface area (Å²) in [6, 6.07) is 0. The largest absolute Gasteiger partial charge is 0.349 e. The van der Waals surface area contributed by atoms with Crippen LogP contribution in [0.15, 0.2) is 4.99 Å². The van der Waals surface area contributed by atoms with Gasteiger partial charge in [-0.3, -0.25) is 4.99 Å². The van der Waals surface area contributed by atoms with Crippen LogP contribution < -0.4 is 0 Å². The van der Waals surface area contributed by atoms with Gasteiger partial charge in [0, 0.05) is 33.9 Å². The van der Waals surface area contributed by atoms with Gasteiger partial charge in [0.05, 0.1) is 8.80 Å². The summed E-state index contributed by atoms with van der Waals surface area (Å²) in [6.07, 6.45) is 24.0. The zero-order valence-corrected chi connectivity index (χ0v) is 22.3. The number of aliphatic imine (C=N–C) groups is 1. The lowest BCUT2D eigenvalue weighted by Crippen LogP contribution is -2.42. The van der Waals surface area contributed by atoms with E-state index in [1.54, 1.807) is 0 Å². The molecule has 0 aromatic heterocycles. The van der Waals surface area contributed by atoms with Crippen molar-refractivity contribution in [3.05, 3.63) is 0 Å². The molecule has 0 N–H and O–H groups in total. The zero-order chi connectivity index (χ0) is 21.7. The van der Waals surface area contributed by atoms with Gasteiger partial charge in [-0.25, -0.2) is 0 Å². The van der Waals surface area contributed by atoms with Gasteiger partial charge in [-0.2, -0.15) is 0 Å². The fraction of sp³-hybridized carbons (Fsp3) is 0.960. The molecule has 0 aliphatic carbocycles. The molecule has 0 atom stereocenters. The molecule has 3 nitrogen and oxygen atoms in total. The second-order valence-corrected chi connectivity index (χ2v) is 12.8. The second kappa shape index (κ2) is 20.7. The molecule has 0 aromatic carbocycles. The maximum absolute atomic E-state index is 4.87. The monoisotopic (exact) mass is 425 g/mol. The molecule has 0 aromatic rings. The van der Waals surface area contributed by atoms with Gasteiger partial charge in [0.25, 0.3) is 0 Å². The van der Waals surface area contributed by atoms with Crippen LogP contribution in [-0.4, -0.2) is 58.4 Å². The lowest BCUT2D eigenvalue weighted by Gasteiger charge is -2.27. The molecule has 0 spiro atoms. The van der Waals surface area contributed by atoms with Gasteiger partial charge >= 0.3 is 0 Å². The zero-order valence-electron chi connectivity index (χ0n) is 21.1. The molecule has 0 aliphatic heterocycles. The summed E-state index contributed by atoms with van der Waals surface area (Å²) in [7, 11) is 5.84. The number of guanidine groups is 1. The van der Waals surface area contributed by atoms with Gasteiger partial charge in [-0.05, 0) is 6.42 Å². The van der Waals surface area contributed by atoms with Gasteiger partial charge in [0.2, 0.25) is 0 Å². The number of hydrogen-bond donors (Lipinski definition) is 0. The normalized spacial score (nSPS) is 12.0. The highest BCUT2D eigenvalue weighted by atomic mass is 28.3. The average Bonchev–Trinajstić information content (AvgIpc) is 2.66. The Morgan fingerprint density at radius 2 is 1.00 bits per heavy atom. The van der Waals surface area contributed by atoms with E-state index in [9.17, 15) is 0 Å². The molecule has 0 unspecified atom stereocenters. The van der Waals surface area contributed by atoms with Gasteiger partial charge < -0.3 is 9.80 Å². The topological polar surface area (TPSA) is 18.8 Å². The van der Waals surface area contributed by atoms with Gasteiger partial charge in [-0.15, -0.1) is 0 Å². The maximum Gasteiger partial charge on any atom is 0.195 e. The quantitative estimate of drug-likeness (QED) is 0.0949. The molecule has 0 rings (SSSR count). The van der Waals surface area contributed by atoms with Crippen molar-refractivity contribution in [3.63, 3.8) is 0 Å². The van der Waals surface area contributed by atoms with Crippen LogP contribution in [-0.2, 0) is 0 Å². The molecule has 4 heteroatoms. The first kappa shape index (κ1) is 28.5. The van der Waals surface area contributed by atoms with Crippen molar-refractivity contribution in [3.8, 4) is 0 Å². The average molecular weight is 426 g/mol. The van der Waals surface area contributed by atoms with Crippen LogP contribution in [0.3, 0.4) is 0 Å². The molecule has 0 heterocycles. The number of rotatable bonds is 19. The van der Waals surface area contributed by atoms with Crippen LogP contribution in [0.2, 0.25) is 13.1 Å². The van der Waals surface area contributed by atoms with Crippen LogP contribution in [0.5, 0.6) is 0 Å². The fourth-order valence-electron chi connectivity index (χ4n) is 4.07. The Morgan fingerprint density at radius 1 is 0.621 bits per heavy atom. The number of nitrogens with zero attached hydrogens (tertiary/aromatic N) is 3. The Balaban J connectivity index is 3.48. The molecule has 0 radical (unpaired) electrons. The molecule has 0 amide bonds. The number of hydrogen-bond acceptors (Lipinski definition) is 1. The summed E-state index contributed by atoms with van der Waals surface area (Å²) in [6.45, 7) is 8.08. The molecule has 0 fully saturated rings. The molecule has 174 valence electrons. The van der Waals surface area contributed by atoms with E-state index in [4.69, 9.17) is 4.99 Å². The van der Waals surface area contributed by atoms with E-state index in [-0.39, 0.29) is 0 Å². The molecular formula is C25H55N3Si. The molecule has 0 aliphatic rings. The minimum absolute atomic E-state index is 0.588. The molecule has 0 saturated heterocycles. The lowest BCUT2D eigenvalue weighted by molar-refractivity contribution is 0.461. The van der Waals surface area contributed by atoms with Gasteiger partial charge in [0.1, 0.15) is 0 Å². The Labute approximate surface area is 186 Å². The van der Waals surface area contributed by atoms with Gasteiger partial charge in [-0.1, -0.05) is 116 Å². The fourth-order valence-corrected chi connectivity index (χ4v) is 5.33. The predicted molar refractivity (Wildman–Crippen MR) is 137 cm³/mol. The lowest BCUT2D eigenvalue weighted by atomic mass is 10.0. The van der Waals surface area contributed by atoms with Crippen molar-refractivity contribution >= 4 is 14.8 Å². The smallest absolute Gasteiger partial charge is 0.195 e. The van der Waals surface area contributed by atoms with Crippen molar-refractivity contribution < 1.29 is 0 Å². The highest BCUT2D eigenvalue weighted by Gasteiger charge is 2.10. The van der Waals surface area contributed by atoms with Crippen LogP contribution in [0, 0.1) is 0 Å². The van der Waals surface area contributed by atoms with E-state index in [0.717, 1.165) is 12.5 Å². The van der Waals surface area contributed by atoms with E-state index in [1.807, 2.05) is 0 Å². The third-order valence-electron chi connectivity index (χ3n) is 5.65. The van der Waals surface area contributed by atoms with Crippen molar-refractivity contribution in [2.24, 2.45) is 4.99 Å². The summed E-state index contributed by atoms with van der Waals surface area (Å²) in [5.41, 5.74) is 0. The predicted octanol–water partition coefficient (Wildman–Crippen LogP) is 7.12. The van der Waals surface area contributed by atoms with Crippen molar-refractivity contribution in [1.82, 2.24) is 9.80 Å². The first-order valence-corrected chi connectivity index (χ1v) is 16.0. The second-order valence-electron chi connectivity index (χ2n) is 9.65. The Bertz CT molecular complexity index is 369. The van der Waals surface area contributed by atoms with Crippen LogP contribution in [0.1, 0.15) is 110 Å². The Kier molecular flexibility index (Phi) is 20.4. The van der Waals surface area contributed by atoms with Crippen LogP contribution in [0.25, 0.3) is 0 Å². The molecule has 0 bridgehead atoms. The van der Waals surface area contributed by atoms with E-state index in [0.29, 0.717) is 0 Å². The third-order valence-corrected chi connectivity index (χ3v) is 6.92. The standard InChI is InChI=1S/C25H55N3Si/c1-7-8-9-10-11-12-13-14-15-16-17-18-19-20-21-22-23-26-25(27(2)3)28(4)24-29(5)6/h29H,7-24H2,1-6H3. The number of unbranched alkanes of at least 4 members (excludes halogenated alkanes) is 15. The molecule has 29 heavy (non-hydrogen) atoms. The highest BCUT2D eigenvalue weighted by molar-refractivity contribution is 6.56. The summed E-state index contributed by atoms with van der Waals surface area (Å²) in [5, 5.41) is 0. The summed E-state index contributed by atoms with van der Waals surface area (Å²) >= 11 is 0. The third kappa shape index (κ3) is 19.2. The van der Waals surface area contributed by atoms with Crippen molar-refractivity contribution in [1.29, 1.82) is 0 Å². The Hall–Kier alpha value is -0.513. The minimum Gasteiger partial charge on any atom is -0.349 e.